The molecule has 1 saturated carbocycles. The SMILES string of the molecule is CC(C)[C@H]1CC[C@H](C)C[C@H]1OC(=O)COC(=O)c1cccs1. The van der Waals surface area contributed by atoms with E-state index >= 15 is 0 Å². The Morgan fingerprint density at radius 3 is 2.77 bits per heavy atom. The third-order valence-corrected chi connectivity index (χ3v) is 5.14. The minimum absolute atomic E-state index is 0.0586. The van der Waals surface area contributed by atoms with Crippen molar-refractivity contribution in [3.05, 3.63) is 22.4 Å². The van der Waals surface area contributed by atoms with E-state index in [0.29, 0.717) is 22.6 Å². The predicted molar refractivity (Wildman–Crippen MR) is 85.8 cm³/mol. The van der Waals surface area contributed by atoms with Crippen molar-refractivity contribution in [1.29, 1.82) is 0 Å². The number of carbonyl (C=O) groups excluding carboxylic acids is 2. The van der Waals surface area contributed by atoms with Gasteiger partial charge in [-0.05, 0) is 42.0 Å². The lowest BCUT2D eigenvalue weighted by Gasteiger charge is -2.36. The number of carbonyl (C=O) groups is 2. The molecule has 122 valence electrons. The monoisotopic (exact) mass is 324 g/mol. The first kappa shape index (κ1) is 17.0. The van der Waals surface area contributed by atoms with Gasteiger partial charge in [0.2, 0.25) is 0 Å². The van der Waals surface area contributed by atoms with Gasteiger partial charge in [-0.1, -0.05) is 33.3 Å². The standard InChI is InChI=1S/C17H24O4S/c1-11(2)13-7-6-12(3)9-14(13)21-16(18)10-20-17(19)15-5-4-8-22-15/h4-5,8,11-14H,6-7,9-10H2,1-3H3/t12-,13+,14+/m0/s1. The van der Waals surface area contributed by atoms with Crippen molar-refractivity contribution < 1.29 is 19.1 Å². The van der Waals surface area contributed by atoms with Crippen molar-refractivity contribution in [3.8, 4) is 0 Å². The van der Waals surface area contributed by atoms with Crippen molar-refractivity contribution >= 4 is 23.3 Å². The third-order valence-electron chi connectivity index (χ3n) is 4.29. The molecule has 3 atom stereocenters. The molecule has 1 aliphatic rings. The first-order chi connectivity index (χ1) is 10.5. The van der Waals surface area contributed by atoms with Gasteiger partial charge >= 0.3 is 11.9 Å². The summed E-state index contributed by atoms with van der Waals surface area (Å²) in [5, 5.41) is 1.80. The fraction of sp³-hybridized carbons (Fsp3) is 0.647. The zero-order valence-corrected chi connectivity index (χ0v) is 14.2. The second-order valence-corrected chi connectivity index (χ2v) is 7.36. The van der Waals surface area contributed by atoms with Crippen LogP contribution in [0, 0.1) is 17.8 Å². The zero-order chi connectivity index (χ0) is 16.1. The molecule has 1 fully saturated rings. The van der Waals surface area contributed by atoms with Gasteiger partial charge in [0.25, 0.3) is 0 Å². The van der Waals surface area contributed by atoms with Gasteiger partial charge in [0.15, 0.2) is 6.61 Å². The van der Waals surface area contributed by atoms with Crippen LogP contribution in [-0.2, 0) is 14.3 Å². The van der Waals surface area contributed by atoms with Crippen LogP contribution >= 0.6 is 11.3 Å². The number of hydrogen-bond donors (Lipinski definition) is 0. The molecular formula is C17H24O4S. The van der Waals surface area contributed by atoms with Gasteiger partial charge < -0.3 is 9.47 Å². The highest BCUT2D eigenvalue weighted by Crippen LogP contribution is 2.35. The topological polar surface area (TPSA) is 52.6 Å². The van der Waals surface area contributed by atoms with Crippen LogP contribution in [0.2, 0.25) is 0 Å². The van der Waals surface area contributed by atoms with E-state index < -0.39 is 11.9 Å². The largest absolute Gasteiger partial charge is 0.460 e. The molecule has 0 unspecified atom stereocenters. The summed E-state index contributed by atoms with van der Waals surface area (Å²) >= 11 is 1.30. The van der Waals surface area contributed by atoms with Gasteiger partial charge in [0, 0.05) is 0 Å². The van der Waals surface area contributed by atoms with E-state index in [2.05, 4.69) is 20.8 Å². The Morgan fingerprint density at radius 1 is 1.36 bits per heavy atom. The van der Waals surface area contributed by atoms with E-state index in [1.54, 1.807) is 17.5 Å². The van der Waals surface area contributed by atoms with E-state index in [1.165, 1.54) is 17.8 Å². The maximum Gasteiger partial charge on any atom is 0.348 e. The van der Waals surface area contributed by atoms with Crippen LogP contribution in [0.4, 0.5) is 0 Å². The average Bonchev–Trinajstić information content (AvgIpc) is 2.98. The Hall–Kier alpha value is -1.36. The Balaban J connectivity index is 1.83. The highest BCUT2D eigenvalue weighted by molar-refractivity contribution is 7.11. The Kier molecular flexibility index (Phi) is 6.00. The van der Waals surface area contributed by atoms with Gasteiger partial charge in [-0.3, -0.25) is 0 Å². The molecule has 1 heterocycles. The Labute approximate surface area is 135 Å². The van der Waals surface area contributed by atoms with E-state index in [-0.39, 0.29) is 12.7 Å². The summed E-state index contributed by atoms with van der Waals surface area (Å²) in [6.45, 7) is 6.21. The summed E-state index contributed by atoms with van der Waals surface area (Å²) < 4.78 is 10.6. The third kappa shape index (κ3) is 4.57. The van der Waals surface area contributed by atoms with E-state index in [0.717, 1.165) is 12.8 Å². The second kappa shape index (κ2) is 7.77. The molecule has 1 aromatic heterocycles. The summed E-state index contributed by atoms with van der Waals surface area (Å²) in [5.74, 6) is 0.535. The summed E-state index contributed by atoms with van der Waals surface area (Å²) in [7, 11) is 0. The molecule has 0 saturated heterocycles. The number of thiophene rings is 1. The van der Waals surface area contributed by atoms with E-state index in [1.807, 2.05) is 0 Å². The zero-order valence-electron chi connectivity index (χ0n) is 13.4. The molecule has 0 aromatic carbocycles. The van der Waals surface area contributed by atoms with Crippen molar-refractivity contribution in [2.45, 2.75) is 46.1 Å². The van der Waals surface area contributed by atoms with Crippen LogP contribution in [0.3, 0.4) is 0 Å². The lowest BCUT2D eigenvalue weighted by atomic mass is 9.75. The molecule has 1 aromatic rings. The molecule has 2 rings (SSSR count). The maximum atomic E-state index is 12.0. The molecule has 0 radical (unpaired) electrons. The Morgan fingerprint density at radius 2 is 2.14 bits per heavy atom. The molecule has 0 aliphatic heterocycles. The van der Waals surface area contributed by atoms with Crippen LogP contribution in [-0.4, -0.2) is 24.6 Å². The summed E-state index contributed by atoms with van der Waals surface area (Å²) in [5.41, 5.74) is 0. The smallest absolute Gasteiger partial charge is 0.348 e. The summed E-state index contributed by atoms with van der Waals surface area (Å²) in [6, 6.07) is 3.45. The number of esters is 2. The average molecular weight is 324 g/mol. The molecule has 22 heavy (non-hydrogen) atoms. The van der Waals surface area contributed by atoms with Crippen LogP contribution in [0.15, 0.2) is 17.5 Å². The van der Waals surface area contributed by atoms with Crippen molar-refractivity contribution in [1.82, 2.24) is 0 Å². The highest BCUT2D eigenvalue weighted by Gasteiger charge is 2.33. The normalized spacial score (nSPS) is 25.0. The minimum Gasteiger partial charge on any atom is -0.460 e. The first-order valence-corrected chi connectivity index (χ1v) is 8.75. The van der Waals surface area contributed by atoms with Crippen LogP contribution in [0.5, 0.6) is 0 Å². The first-order valence-electron chi connectivity index (χ1n) is 7.87. The van der Waals surface area contributed by atoms with Gasteiger partial charge in [-0.25, -0.2) is 9.59 Å². The van der Waals surface area contributed by atoms with Gasteiger partial charge in [-0.15, -0.1) is 11.3 Å². The molecule has 0 spiro atoms. The van der Waals surface area contributed by atoms with Gasteiger partial charge in [-0.2, -0.15) is 0 Å². The summed E-state index contributed by atoms with van der Waals surface area (Å²) in [6.07, 6.45) is 3.11. The molecule has 5 heteroatoms. The van der Waals surface area contributed by atoms with Gasteiger partial charge in [0.05, 0.1) is 0 Å². The van der Waals surface area contributed by atoms with Crippen LogP contribution in [0.1, 0.15) is 49.7 Å². The highest BCUT2D eigenvalue weighted by atomic mass is 32.1. The fourth-order valence-electron chi connectivity index (χ4n) is 3.04. The minimum atomic E-state index is -0.468. The Bertz CT molecular complexity index is 495. The fourth-order valence-corrected chi connectivity index (χ4v) is 3.66. The number of ether oxygens (including phenoxy) is 2. The summed E-state index contributed by atoms with van der Waals surface area (Å²) in [4.78, 5) is 24.2. The van der Waals surface area contributed by atoms with Gasteiger partial charge in [0.1, 0.15) is 11.0 Å². The quantitative estimate of drug-likeness (QED) is 0.771. The molecule has 0 N–H and O–H groups in total. The van der Waals surface area contributed by atoms with Crippen molar-refractivity contribution in [3.63, 3.8) is 0 Å². The van der Waals surface area contributed by atoms with E-state index in [4.69, 9.17) is 9.47 Å². The molecule has 1 aliphatic carbocycles. The van der Waals surface area contributed by atoms with E-state index in [9.17, 15) is 9.59 Å². The molecule has 4 nitrogen and oxygen atoms in total. The van der Waals surface area contributed by atoms with Crippen molar-refractivity contribution in [2.75, 3.05) is 6.61 Å². The molecular weight excluding hydrogens is 300 g/mol. The molecule has 0 bridgehead atoms. The van der Waals surface area contributed by atoms with Crippen LogP contribution < -0.4 is 0 Å². The maximum absolute atomic E-state index is 12.0. The lowest BCUT2D eigenvalue weighted by Crippen LogP contribution is -2.36. The second-order valence-electron chi connectivity index (χ2n) is 6.41. The molecule has 0 amide bonds. The number of rotatable bonds is 5. The van der Waals surface area contributed by atoms with Crippen molar-refractivity contribution in [2.24, 2.45) is 17.8 Å². The predicted octanol–water partition coefficient (Wildman–Crippen LogP) is 3.91. The van der Waals surface area contributed by atoms with Crippen LogP contribution in [0.25, 0.3) is 0 Å². The lowest BCUT2D eigenvalue weighted by molar-refractivity contribution is -0.159. The number of hydrogen-bond acceptors (Lipinski definition) is 5.